The molecule has 0 radical (unpaired) electrons. The molecule has 1 fully saturated rings. The summed E-state index contributed by atoms with van der Waals surface area (Å²) in [4.78, 5) is 9.39. The highest BCUT2D eigenvalue weighted by molar-refractivity contribution is 7.22. The van der Waals surface area contributed by atoms with Crippen LogP contribution in [0.5, 0.6) is 0 Å². The third kappa shape index (κ3) is 3.78. The van der Waals surface area contributed by atoms with E-state index in [1.165, 1.54) is 5.56 Å². The Balaban J connectivity index is 1.26. The van der Waals surface area contributed by atoms with Crippen molar-refractivity contribution in [2.75, 3.05) is 36.0 Å². The third-order valence-corrected chi connectivity index (χ3v) is 6.53. The Hall–Kier alpha value is -2.70. The molecule has 0 aliphatic carbocycles. The van der Waals surface area contributed by atoms with E-state index >= 15 is 0 Å². The fraction of sp³-hybridized carbons (Fsp3) is 0.227. The smallest absolute Gasteiger partial charge is 0.186 e. The zero-order valence-corrected chi connectivity index (χ0v) is 17.6. The SMILES string of the molecule is Cc1ccc(-c2ccc(N3CCN(c4nc5ccc(Cl)cc5s4)CC3)nn2)cc1. The number of rotatable bonds is 3. The van der Waals surface area contributed by atoms with E-state index < -0.39 is 0 Å². The molecule has 29 heavy (non-hydrogen) atoms. The number of thiazole rings is 1. The quantitative estimate of drug-likeness (QED) is 0.463. The maximum absolute atomic E-state index is 6.10. The van der Waals surface area contributed by atoms with Crippen molar-refractivity contribution < 1.29 is 0 Å². The number of halogens is 1. The number of fused-ring (bicyclic) bond motifs is 1. The van der Waals surface area contributed by atoms with Crippen molar-refractivity contribution in [3.63, 3.8) is 0 Å². The molecule has 5 rings (SSSR count). The molecule has 3 heterocycles. The summed E-state index contributed by atoms with van der Waals surface area (Å²) in [6, 6.07) is 18.4. The van der Waals surface area contributed by atoms with Crippen LogP contribution in [0.1, 0.15) is 5.56 Å². The zero-order chi connectivity index (χ0) is 19.8. The number of benzene rings is 2. The van der Waals surface area contributed by atoms with Crippen LogP contribution in [0.25, 0.3) is 21.5 Å². The van der Waals surface area contributed by atoms with Gasteiger partial charge in [0.1, 0.15) is 0 Å². The van der Waals surface area contributed by atoms with Gasteiger partial charge in [-0.05, 0) is 37.3 Å². The molecule has 7 heteroatoms. The van der Waals surface area contributed by atoms with Gasteiger partial charge in [-0.3, -0.25) is 0 Å². The summed E-state index contributed by atoms with van der Waals surface area (Å²) in [7, 11) is 0. The predicted octanol–water partition coefficient (Wildman–Crippen LogP) is 5.04. The van der Waals surface area contributed by atoms with Crippen LogP contribution in [0.15, 0.2) is 54.6 Å². The molecule has 1 aliphatic rings. The minimum absolute atomic E-state index is 0.755. The van der Waals surface area contributed by atoms with Crippen molar-refractivity contribution in [2.24, 2.45) is 0 Å². The summed E-state index contributed by atoms with van der Waals surface area (Å²) in [5, 5.41) is 10.7. The highest BCUT2D eigenvalue weighted by Crippen LogP contribution is 2.31. The van der Waals surface area contributed by atoms with E-state index in [1.807, 2.05) is 18.2 Å². The van der Waals surface area contributed by atoms with E-state index in [9.17, 15) is 0 Å². The van der Waals surface area contributed by atoms with E-state index in [2.05, 4.69) is 63.3 Å². The Morgan fingerprint density at radius 3 is 2.34 bits per heavy atom. The number of piperazine rings is 1. The maximum atomic E-state index is 6.10. The van der Waals surface area contributed by atoms with Crippen LogP contribution in [0.2, 0.25) is 5.02 Å². The van der Waals surface area contributed by atoms with Crippen LogP contribution in [-0.4, -0.2) is 41.4 Å². The molecule has 1 aliphatic heterocycles. The number of hydrogen-bond acceptors (Lipinski definition) is 6. The molecule has 1 saturated heterocycles. The Morgan fingerprint density at radius 1 is 0.862 bits per heavy atom. The van der Waals surface area contributed by atoms with Gasteiger partial charge in [0.2, 0.25) is 0 Å². The molecule has 2 aromatic heterocycles. The third-order valence-electron chi connectivity index (χ3n) is 5.21. The fourth-order valence-electron chi connectivity index (χ4n) is 3.52. The Kier molecular flexibility index (Phi) is 4.81. The van der Waals surface area contributed by atoms with Crippen molar-refractivity contribution in [1.82, 2.24) is 15.2 Å². The highest BCUT2D eigenvalue weighted by Gasteiger charge is 2.21. The second-order valence-electron chi connectivity index (χ2n) is 7.23. The summed E-state index contributed by atoms with van der Waals surface area (Å²) in [6.07, 6.45) is 0. The maximum Gasteiger partial charge on any atom is 0.186 e. The molecular formula is C22H20ClN5S. The number of aryl methyl sites for hydroxylation is 1. The minimum Gasteiger partial charge on any atom is -0.352 e. The van der Waals surface area contributed by atoms with Gasteiger partial charge >= 0.3 is 0 Å². The lowest BCUT2D eigenvalue weighted by atomic mass is 10.1. The van der Waals surface area contributed by atoms with Gasteiger partial charge in [0.05, 0.1) is 15.9 Å². The van der Waals surface area contributed by atoms with Crippen molar-refractivity contribution in [1.29, 1.82) is 0 Å². The molecule has 146 valence electrons. The summed E-state index contributed by atoms with van der Waals surface area (Å²) < 4.78 is 1.13. The first-order valence-corrected chi connectivity index (χ1v) is 10.8. The second-order valence-corrected chi connectivity index (χ2v) is 8.67. The molecule has 0 amide bonds. The van der Waals surface area contributed by atoms with Crippen molar-refractivity contribution in [3.8, 4) is 11.3 Å². The fourth-order valence-corrected chi connectivity index (χ4v) is 4.81. The van der Waals surface area contributed by atoms with E-state index in [1.54, 1.807) is 11.3 Å². The molecule has 0 unspecified atom stereocenters. The number of hydrogen-bond donors (Lipinski definition) is 0. The first kappa shape index (κ1) is 18.3. The summed E-state index contributed by atoms with van der Waals surface area (Å²) in [6.45, 7) is 5.70. The van der Waals surface area contributed by atoms with Gasteiger partial charge in [0, 0.05) is 36.8 Å². The van der Waals surface area contributed by atoms with Crippen LogP contribution in [0.3, 0.4) is 0 Å². The standard InChI is InChI=1S/C22H20ClN5S/c1-15-2-4-16(5-3-15)18-8-9-21(26-25-18)27-10-12-28(13-11-27)22-24-19-7-6-17(23)14-20(19)29-22/h2-9,14H,10-13H2,1H3. The van der Waals surface area contributed by atoms with Crippen molar-refractivity contribution in [2.45, 2.75) is 6.92 Å². The van der Waals surface area contributed by atoms with Gasteiger partial charge in [0.25, 0.3) is 0 Å². The van der Waals surface area contributed by atoms with Gasteiger partial charge in [0.15, 0.2) is 10.9 Å². The Labute approximate surface area is 178 Å². The number of aromatic nitrogens is 3. The molecular weight excluding hydrogens is 402 g/mol. The molecule has 0 bridgehead atoms. The average molecular weight is 422 g/mol. The van der Waals surface area contributed by atoms with Crippen molar-refractivity contribution in [3.05, 3.63) is 65.2 Å². The normalized spacial score (nSPS) is 14.6. The lowest BCUT2D eigenvalue weighted by Crippen LogP contribution is -2.46. The van der Waals surface area contributed by atoms with Gasteiger partial charge in [-0.1, -0.05) is 52.8 Å². The van der Waals surface area contributed by atoms with Crippen LogP contribution >= 0.6 is 22.9 Å². The van der Waals surface area contributed by atoms with E-state index in [-0.39, 0.29) is 0 Å². The predicted molar refractivity (Wildman–Crippen MR) is 121 cm³/mol. The number of nitrogens with zero attached hydrogens (tertiary/aromatic N) is 5. The average Bonchev–Trinajstić information content (AvgIpc) is 3.18. The first-order chi connectivity index (χ1) is 14.2. The zero-order valence-electron chi connectivity index (χ0n) is 16.0. The molecule has 5 nitrogen and oxygen atoms in total. The van der Waals surface area contributed by atoms with Gasteiger partial charge in [-0.2, -0.15) is 0 Å². The summed E-state index contributed by atoms with van der Waals surface area (Å²) >= 11 is 7.80. The molecule has 0 spiro atoms. The topological polar surface area (TPSA) is 45.2 Å². The molecule has 0 N–H and O–H groups in total. The molecule has 0 saturated carbocycles. The van der Waals surface area contributed by atoms with Crippen LogP contribution in [0.4, 0.5) is 10.9 Å². The summed E-state index contributed by atoms with van der Waals surface area (Å²) in [5.41, 5.74) is 4.25. The summed E-state index contributed by atoms with van der Waals surface area (Å²) in [5.74, 6) is 0.927. The highest BCUT2D eigenvalue weighted by atomic mass is 35.5. The Bertz CT molecular complexity index is 1130. The first-order valence-electron chi connectivity index (χ1n) is 9.62. The van der Waals surface area contributed by atoms with Crippen molar-refractivity contribution >= 4 is 44.1 Å². The van der Waals surface area contributed by atoms with Gasteiger partial charge < -0.3 is 9.80 Å². The van der Waals surface area contributed by atoms with Crippen LogP contribution in [-0.2, 0) is 0 Å². The Morgan fingerprint density at radius 2 is 1.62 bits per heavy atom. The lowest BCUT2D eigenvalue weighted by molar-refractivity contribution is 0.643. The second kappa shape index (κ2) is 7.61. The molecule has 2 aromatic carbocycles. The monoisotopic (exact) mass is 421 g/mol. The largest absolute Gasteiger partial charge is 0.352 e. The van der Waals surface area contributed by atoms with E-state index in [0.29, 0.717) is 0 Å². The minimum atomic E-state index is 0.755. The molecule has 4 aromatic rings. The van der Waals surface area contributed by atoms with Crippen LogP contribution < -0.4 is 9.80 Å². The molecule has 0 atom stereocenters. The van der Waals surface area contributed by atoms with Crippen LogP contribution in [0, 0.1) is 6.92 Å². The lowest BCUT2D eigenvalue weighted by Gasteiger charge is -2.35. The van der Waals surface area contributed by atoms with Gasteiger partial charge in [-0.25, -0.2) is 4.98 Å². The number of anilines is 2. The van der Waals surface area contributed by atoms with E-state index in [4.69, 9.17) is 16.6 Å². The van der Waals surface area contributed by atoms with Gasteiger partial charge in [-0.15, -0.1) is 10.2 Å². The van der Waals surface area contributed by atoms with E-state index in [0.717, 1.165) is 63.6 Å².